The fraction of sp³-hybridized carbons (Fsp3) is 0.292. The van der Waals surface area contributed by atoms with E-state index in [1.807, 2.05) is 0 Å². The van der Waals surface area contributed by atoms with Gasteiger partial charge in [-0.15, -0.1) is 0 Å². The van der Waals surface area contributed by atoms with E-state index in [0.717, 1.165) is 6.07 Å². The molecule has 4 rings (SSSR count). The summed E-state index contributed by atoms with van der Waals surface area (Å²) in [6, 6.07) is 6.90. The van der Waals surface area contributed by atoms with Crippen LogP contribution in [0, 0.1) is 23.1 Å². The quantitative estimate of drug-likeness (QED) is 0.251. The molecule has 1 saturated heterocycles. The highest BCUT2D eigenvalue weighted by molar-refractivity contribution is 6.08. The van der Waals surface area contributed by atoms with Gasteiger partial charge in [-0.05, 0) is 35.9 Å². The third-order valence-corrected chi connectivity index (χ3v) is 5.99. The van der Waals surface area contributed by atoms with E-state index < -0.39 is 52.9 Å². The van der Waals surface area contributed by atoms with Crippen molar-refractivity contribution in [2.24, 2.45) is 5.41 Å². The van der Waals surface area contributed by atoms with E-state index in [1.54, 1.807) is 12.1 Å². The van der Waals surface area contributed by atoms with Crippen molar-refractivity contribution in [2.75, 3.05) is 13.7 Å². The normalized spacial score (nSPS) is 19.6. The van der Waals surface area contributed by atoms with Crippen molar-refractivity contribution in [2.45, 2.75) is 24.9 Å². The van der Waals surface area contributed by atoms with Gasteiger partial charge in [0.25, 0.3) is 11.7 Å². The van der Waals surface area contributed by atoms with Crippen molar-refractivity contribution >= 4 is 17.7 Å². The Morgan fingerprint density at radius 2 is 1.86 bits per heavy atom. The Kier molecular flexibility index (Phi) is 6.02. The highest BCUT2D eigenvalue weighted by atomic mass is 19.4. The standard InChI is InChI=1S/C24H18F4N2O6/c1-36-15-4-3-14-11-30(20(32)16(14)9-15)12-22(10-19(31)29-21(22)33)7-6-13-2-5-18(25)17(8-13)23(34,35)24(26,27)28/h2-5,8-9,34-35H,10-12H2,1H3,(H,29,31,33)/t22-/m1/s1. The van der Waals surface area contributed by atoms with Crippen LogP contribution in [0.25, 0.3) is 0 Å². The predicted octanol–water partition coefficient (Wildman–Crippen LogP) is 1.57. The number of carbonyl (C=O) groups is 3. The van der Waals surface area contributed by atoms with Crippen molar-refractivity contribution in [3.8, 4) is 17.6 Å². The summed E-state index contributed by atoms with van der Waals surface area (Å²) in [6.07, 6.45) is -6.03. The number of ether oxygens (including phenoxy) is 1. The molecule has 0 saturated carbocycles. The van der Waals surface area contributed by atoms with Crippen LogP contribution < -0.4 is 10.1 Å². The van der Waals surface area contributed by atoms with Crippen LogP contribution in [-0.2, 0) is 21.9 Å². The third-order valence-electron chi connectivity index (χ3n) is 5.99. The number of imide groups is 1. The molecule has 3 amide bonds. The van der Waals surface area contributed by atoms with E-state index in [1.165, 1.54) is 18.1 Å². The molecular formula is C24H18F4N2O6. The number of hydrogen-bond donors (Lipinski definition) is 3. The number of nitrogens with zero attached hydrogens (tertiary/aromatic N) is 1. The van der Waals surface area contributed by atoms with Crippen LogP contribution in [0.15, 0.2) is 36.4 Å². The van der Waals surface area contributed by atoms with Crippen LogP contribution in [-0.4, -0.2) is 52.7 Å². The largest absolute Gasteiger partial charge is 0.497 e. The van der Waals surface area contributed by atoms with E-state index in [0.29, 0.717) is 29.0 Å². The van der Waals surface area contributed by atoms with Crippen LogP contribution in [0.3, 0.4) is 0 Å². The fourth-order valence-electron chi connectivity index (χ4n) is 4.05. The monoisotopic (exact) mass is 506 g/mol. The van der Waals surface area contributed by atoms with Crippen LogP contribution in [0.1, 0.15) is 33.5 Å². The van der Waals surface area contributed by atoms with Crippen molar-refractivity contribution in [1.82, 2.24) is 10.2 Å². The molecule has 1 atom stereocenters. The summed E-state index contributed by atoms with van der Waals surface area (Å²) in [5.41, 5.74) is -2.50. The lowest BCUT2D eigenvalue weighted by Gasteiger charge is -2.26. The highest BCUT2D eigenvalue weighted by Gasteiger charge is 2.55. The number of methoxy groups -OCH3 is 1. The summed E-state index contributed by atoms with van der Waals surface area (Å²) >= 11 is 0. The van der Waals surface area contributed by atoms with Crippen LogP contribution in [0.5, 0.6) is 5.75 Å². The molecule has 0 aromatic heterocycles. The minimum absolute atomic E-state index is 0.118. The molecular weight excluding hydrogens is 488 g/mol. The molecule has 2 aromatic carbocycles. The average Bonchev–Trinajstić information content (AvgIpc) is 3.26. The molecule has 2 heterocycles. The van der Waals surface area contributed by atoms with Gasteiger partial charge in [-0.1, -0.05) is 17.9 Å². The van der Waals surface area contributed by atoms with Gasteiger partial charge >= 0.3 is 6.18 Å². The molecule has 0 radical (unpaired) electrons. The first-order valence-corrected chi connectivity index (χ1v) is 10.4. The van der Waals surface area contributed by atoms with Crippen molar-refractivity contribution in [3.63, 3.8) is 0 Å². The van der Waals surface area contributed by atoms with Gasteiger partial charge in [0.15, 0.2) is 0 Å². The van der Waals surface area contributed by atoms with Crippen LogP contribution >= 0.6 is 0 Å². The molecule has 2 aromatic rings. The molecule has 8 nitrogen and oxygen atoms in total. The van der Waals surface area contributed by atoms with Crippen molar-refractivity contribution in [1.29, 1.82) is 0 Å². The second kappa shape index (κ2) is 8.61. The maximum atomic E-state index is 14.0. The highest BCUT2D eigenvalue weighted by Crippen LogP contribution is 2.38. The SMILES string of the molecule is COc1ccc2c(c1)C(=O)N(C[C@@]1(C#Cc3ccc(F)c(C(O)(O)C(F)(F)F)c3)CC(=O)NC1=O)C2. The molecule has 3 N–H and O–H groups in total. The number of carbonyl (C=O) groups excluding carboxylic acids is 3. The van der Waals surface area contributed by atoms with Crippen molar-refractivity contribution in [3.05, 3.63) is 64.5 Å². The van der Waals surface area contributed by atoms with E-state index in [2.05, 4.69) is 17.2 Å². The molecule has 0 bridgehead atoms. The average molecular weight is 506 g/mol. The first-order chi connectivity index (χ1) is 16.8. The molecule has 12 heteroatoms. The predicted molar refractivity (Wildman–Crippen MR) is 113 cm³/mol. The first kappa shape index (κ1) is 25.2. The summed E-state index contributed by atoms with van der Waals surface area (Å²) in [7, 11) is 1.44. The summed E-state index contributed by atoms with van der Waals surface area (Å²) in [5, 5.41) is 21.0. The molecule has 0 aliphatic carbocycles. The molecule has 2 aliphatic heterocycles. The Labute approximate surface area is 201 Å². The molecule has 0 unspecified atom stereocenters. The Morgan fingerprint density at radius 3 is 2.47 bits per heavy atom. The smallest absolute Gasteiger partial charge is 0.447 e. The van der Waals surface area contributed by atoms with Gasteiger partial charge in [-0.3, -0.25) is 19.7 Å². The lowest BCUT2D eigenvalue weighted by atomic mass is 9.85. The van der Waals surface area contributed by atoms with Gasteiger partial charge in [-0.25, -0.2) is 4.39 Å². The minimum atomic E-state index is -5.60. The third kappa shape index (κ3) is 4.27. The zero-order valence-corrected chi connectivity index (χ0v) is 18.6. The molecule has 1 fully saturated rings. The van der Waals surface area contributed by atoms with Gasteiger partial charge in [0.1, 0.15) is 17.0 Å². The second-order valence-corrected chi connectivity index (χ2v) is 8.44. The maximum Gasteiger partial charge on any atom is 0.447 e. The Balaban J connectivity index is 1.69. The summed E-state index contributed by atoms with van der Waals surface area (Å²) in [5.74, 6) is -2.51. The molecule has 36 heavy (non-hydrogen) atoms. The number of benzene rings is 2. The van der Waals surface area contributed by atoms with Gasteiger partial charge in [-0.2, -0.15) is 13.2 Å². The number of nitrogens with one attached hydrogen (secondary N) is 1. The number of rotatable bonds is 4. The summed E-state index contributed by atoms with van der Waals surface area (Å²) < 4.78 is 58.1. The Hall–Kier alpha value is -3.95. The lowest BCUT2D eigenvalue weighted by molar-refractivity contribution is -0.359. The summed E-state index contributed by atoms with van der Waals surface area (Å²) in [4.78, 5) is 39.0. The first-order valence-electron chi connectivity index (χ1n) is 10.4. The zero-order valence-electron chi connectivity index (χ0n) is 18.6. The fourth-order valence-corrected chi connectivity index (χ4v) is 4.05. The van der Waals surface area contributed by atoms with E-state index in [9.17, 15) is 42.2 Å². The molecule has 188 valence electrons. The topological polar surface area (TPSA) is 116 Å². The lowest BCUT2D eigenvalue weighted by Crippen LogP contribution is -2.42. The van der Waals surface area contributed by atoms with E-state index in [4.69, 9.17) is 4.74 Å². The number of fused-ring (bicyclic) bond motifs is 1. The van der Waals surface area contributed by atoms with Gasteiger partial charge in [0.05, 0.1) is 19.1 Å². The minimum Gasteiger partial charge on any atom is -0.497 e. The number of hydrogen-bond acceptors (Lipinski definition) is 6. The molecule has 0 spiro atoms. The van der Waals surface area contributed by atoms with Crippen molar-refractivity contribution < 1.29 is 46.9 Å². The zero-order chi connectivity index (χ0) is 26.5. The number of aliphatic hydroxyl groups is 2. The Bertz CT molecular complexity index is 1340. The van der Waals surface area contributed by atoms with Crippen LogP contribution in [0.4, 0.5) is 17.6 Å². The molecule has 2 aliphatic rings. The van der Waals surface area contributed by atoms with Crippen LogP contribution in [0.2, 0.25) is 0 Å². The second-order valence-electron chi connectivity index (χ2n) is 8.44. The number of amides is 3. The van der Waals surface area contributed by atoms with E-state index >= 15 is 0 Å². The summed E-state index contributed by atoms with van der Waals surface area (Å²) in [6.45, 7) is -0.194. The Morgan fingerprint density at radius 1 is 1.14 bits per heavy atom. The van der Waals surface area contributed by atoms with Gasteiger partial charge in [0, 0.05) is 24.2 Å². The maximum absolute atomic E-state index is 14.0. The van der Waals surface area contributed by atoms with E-state index in [-0.39, 0.29) is 18.7 Å². The number of alkyl halides is 3. The van der Waals surface area contributed by atoms with Gasteiger partial charge in [0.2, 0.25) is 11.8 Å². The number of halogens is 4. The van der Waals surface area contributed by atoms with Gasteiger partial charge < -0.3 is 19.8 Å².